The molecule has 13 heavy (non-hydrogen) atoms. The molecule has 0 amide bonds. The van der Waals surface area contributed by atoms with Crippen molar-refractivity contribution in [3.05, 3.63) is 39.5 Å². The highest BCUT2D eigenvalue weighted by Gasteiger charge is 2.32. The second kappa shape index (κ2) is 3.67. The Morgan fingerprint density at radius 3 is 2.38 bits per heavy atom. The third kappa shape index (κ3) is 2.45. The van der Waals surface area contributed by atoms with Crippen molar-refractivity contribution in [2.45, 2.75) is 12.7 Å². The minimum absolute atomic E-state index is 0.00398. The zero-order valence-electron chi connectivity index (χ0n) is 6.45. The van der Waals surface area contributed by atoms with Crippen LogP contribution in [0.4, 0.5) is 13.2 Å². The number of benzene rings is 1. The largest absolute Gasteiger partial charge is 0.674 e. The van der Waals surface area contributed by atoms with Crippen LogP contribution in [0.2, 0.25) is 0 Å². The van der Waals surface area contributed by atoms with Crippen LogP contribution in [0.25, 0.3) is 5.73 Å². The van der Waals surface area contributed by atoms with Gasteiger partial charge in [-0.3, -0.25) is 0 Å². The maximum Gasteiger partial charge on any atom is 0.416 e. The fraction of sp³-hybridized carbons (Fsp3) is 0.250. The highest BCUT2D eigenvalue weighted by atomic mass is 79.9. The van der Waals surface area contributed by atoms with E-state index in [1.54, 1.807) is 0 Å². The molecule has 72 valence electrons. The molecule has 1 aromatic rings. The van der Waals surface area contributed by atoms with Crippen LogP contribution in [0.15, 0.2) is 22.7 Å². The molecule has 0 spiro atoms. The zero-order chi connectivity index (χ0) is 10.1. The predicted molar refractivity (Wildman–Crippen MR) is 47.2 cm³/mol. The minimum atomic E-state index is -4.37. The molecule has 0 heterocycles. The van der Waals surface area contributed by atoms with E-state index < -0.39 is 11.7 Å². The van der Waals surface area contributed by atoms with Gasteiger partial charge in [0.15, 0.2) is 0 Å². The Kier molecular flexibility index (Phi) is 2.98. The third-order valence-corrected chi connectivity index (χ3v) is 2.06. The molecule has 5 heteroatoms. The van der Waals surface area contributed by atoms with E-state index in [-0.39, 0.29) is 12.1 Å². The molecule has 0 fully saturated rings. The lowest BCUT2D eigenvalue weighted by Crippen LogP contribution is -2.08. The topological polar surface area (TPSA) is 23.8 Å². The summed E-state index contributed by atoms with van der Waals surface area (Å²) in [5.41, 5.74) is 6.18. The molecule has 0 saturated carbocycles. The van der Waals surface area contributed by atoms with Crippen molar-refractivity contribution < 1.29 is 13.2 Å². The summed E-state index contributed by atoms with van der Waals surface area (Å²) in [4.78, 5) is 0. The summed E-state index contributed by atoms with van der Waals surface area (Å²) >= 11 is 2.96. The van der Waals surface area contributed by atoms with Crippen LogP contribution >= 0.6 is 15.9 Å². The van der Waals surface area contributed by atoms with E-state index in [1.807, 2.05) is 0 Å². The Hall–Kier alpha value is -0.550. The SMILES string of the molecule is [NH-]Cc1ccc(Br)cc1C(F)(F)F. The molecule has 1 N–H and O–H groups in total. The Balaban J connectivity index is 3.24. The quantitative estimate of drug-likeness (QED) is 0.721. The van der Waals surface area contributed by atoms with E-state index in [0.717, 1.165) is 6.07 Å². The smallest absolute Gasteiger partial charge is 0.416 e. The van der Waals surface area contributed by atoms with Crippen LogP contribution in [0.5, 0.6) is 0 Å². The molecule has 1 aromatic carbocycles. The van der Waals surface area contributed by atoms with Crippen molar-refractivity contribution in [1.82, 2.24) is 0 Å². The molecule has 0 aromatic heterocycles. The van der Waals surface area contributed by atoms with Gasteiger partial charge < -0.3 is 5.73 Å². The fourth-order valence-electron chi connectivity index (χ4n) is 0.967. The summed E-state index contributed by atoms with van der Waals surface area (Å²) in [7, 11) is 0. The van der Waals surface area contributed by atoms with Crippen LogP contribution in [-0.2, 0) is 12.7 Å². The molecule has 0 aliphatic rings. The average Bonchev–Trinajstić information content (AvgIpc) is 2.03. The van der Waals surface area contributed by atoms with Crippen LogP contribution in [0.3, 0.4) is 0 Å². The number of alkyl halides is 3. The first-order valence-electron chi connectivity index (χ1n) is 3.45. The van der Waals surface area contributed by atoms with Gasteiger partial charge in [-0.05, 0) is 12.1 Å². The molecule has 1 nitrogen and oxygen atoms in total. The van der Waals surface area contributed by atoms with Crippen molar-refractivity contribution in [3.63, 3.8) is 0 Å². The van der Waals surface area contributed by atoms with Crippen molar-refractivity contribution in [3.8, 4) is 0 Å². The van der Waals surface area contributed by atoms with E-state index in [0.29, 0.717) is 4.47 Å². The second-order valence-electron chi connectivity index (χ2n) is 2.48. The molecular formula is C8H6BrF3N-. The van der Waals surface area contributed by atoms with E-state index in [2.05, 4.69) is 15.9 Å². The summed E-state index contributed by atoms with van der Waals surface area (Å²) in [5.74, 6) is 0. The normalized spacial score (nSPS) is 11.8. The summed E-state index contributed by atoms with van der Waals surface area (Å²) < 4.78 is 37.3. The first kappa shape index (κ1) is 10.5. The van der Waals surface area contributed by atoms with Crippen LogP contribution < -0.4 is 0 Å². The van der Waals surface area contributed by atoms with E-state index in [1.165, 1.54) is 12.1 Å². The highest BCUT2D eigenvalue weighted by molar-refractivity contribution is 9.10. The monoisotopic (exact) mass is 252 g/mol. The minimum Gasteiger partial charge on any atom is -0.674 e. The zero-order valence-corrected chi connectivity index (χ0v) is 8.04. The van der Waals surface area contributed by atoms with Gasteiger partial charge >= 0.3 is 6.18 Å². The van der Waals surface area contributed by atoms with Gasteiger partial charge in [0, 0.05) is 4.47 Å². The first-order valence-corrected chi connectivity index (χ1v) is 4.24. The van der Waals surface area contributed by atoms with Crippen LogP contribution in [-0.4, -0.2) is 0 Å². The van der Waals surface area contributed by atoms with Gasteiger partial charge in [-0.15, -0.1) is 6.54 Å². The van der Waals surface area contributed by atoms with Gasteiger partial charge in [-0.25, -0.2) is 0 Å². The maximum atomic E-state index is 12.3. The molecule has 0 aliphatic carbocycles. The molecule has 1 rings (SSSR count). The fourth-order valence-corrected chi connectivity index (χ4v) is 1.33. The van der Waals surface area contributed by atoms with Crippen molar-refractivity contribution >= 4 is 15.9 Å². The Bertz CT molecular complexity index is 309. The average molecular weight is 253 g/mol. The number of nitrogens with one attached hydrogen (secondary N) is 1. The molecular weight excluding hydrogens is 247 g/mol. The molecule has 0 unspecified atom stereocenters. The number of halogens is 4. The van der Waals surface area contributed by atoms with Crippen LogP contribution in [0.1, 0.15) is 11.1 Å². The summed E-state index contributed by atoms with van der Waals surface area (Å²) in [6.45, 7) is -0.359. The molecule has 0 bridgehead atoms. The Labute approximate surface area is 81.9 Å². The lowest BCUT2D eigenvalue weighted by Gasteiger charge is -2.14. The number of rotatable bonds is 1. The van der Waals surface area contributed by atoms with Gasteiger partial charge in [0.1, 0.15) is 0 Å². The van der Waals surface area contributed by atoms with Gasteiger partial charge in [0.2, 0.25) is 0 Å². The van der Waals surface area contributed by atoms with Gasteiger partial charge in [0.05, 0.1) is 5.56 Å². The van der Waals surface area contributed by atoms with Crippen LogP contribution in [0, 0.1) is 0 Å². The highest BCUT2D eigenvalue weighted by Crippen LogP contribution is 2.33. The maximum absolute atomic E-state index is 12.3. The Morgan fingerprint density at radius 2 is 1.92 bits per heavy atom. The standard InChI is InChI=1S/C8H6BrF3N/c9-6-2-1-5(4-13)7(3-6)8(10,11)12/h1-3,13H,4H2/q-1. The molecule has 0 atom stereocenters. The Morgan fingerprint density at radius 1 is 1.31 bits per heavy atom. The van der Waals surface area contributed by atoms with Crippen molar-refractivity contribution in [2.24, 2.45) is 0 Å². The van der Waals surface area contributed by atoms with E-state index >= 15 is 0 Å². The number of hydrogen-bond donors (Lipinski definition) is 0. The van der Waals surface area contributed by atoms with Gasteiger partial charge in [0.25, 0.3) is 0 Å². The predicted octanol–water partition coefficient (Wildman–Crippen LogP) is 4.02. The van der Waals surface area contributed by atoms with Crippen molar-refractivity contribution in [1.29, 1.82) is 0 Å². The lowest BCUT2D eigenvalue weighted by molar-refractivity contribution is -0.138. The van der Waals surface area contributed by atoms with E-state index in [9.17, 15) is 13.2 Å². The summed E-state index contributed by atoms with van der Waals surface area (Å²) in [6.07, 6.45) is -4.37. The van der Waals surface area contributed by atoms with Gasteiger partial charge in [-0.1, -0.05) is 27.6 Å². The first-order chi connectivity index (χ1) is 5.95. The third-order valence-electron chi connectivity index (χ3n) is 1.57. The van der Waals surface area contributed by atoms with Crippen molar-refractivity contribution in [2.75, 3.05) is 0 Å². The lowest BCUT2D eigenvalue weighted by atomic mass is 10.1. The summed E-state index contributed by atoms with van der Waals surface area (Å²) in [5, 5.41) is 0. The molecule has 0 saturated heterocycles. The summed E-state index contributed by atoms with van der Waals surface area (Å²) in [6, 6.07) is 3.79. The number of hydrogen-bond acceptors (Lipinski definition) is 0. The molecule has 0 aliphatic heterocycles. The van der Waals surface area contributed by atoms with E-state index in [4.69, 9.17) is 5.73 Å². The molecule has 0 radical (unpaired) electrons. The second-order valence-corrected chi connectivity index (χ2v) is 3.39. The van der Waals surface area contributed by atoms with Gasteiger partial charge in [-0.2, -0.15) is 13.2 Å².